The smallest absolute Gasteiger partial charge is 0.231 e. The number of aromatic hydroxyl groups is 1. The summed E-state index contributed by atoms with van der Waals surface area (Å²) in [5.41, 5.74) is 2.47. The number of methoxy groups -OCH3 is 1. The molecule has 0 aliphatic heterocycles. The third-order valence-electron chi connectivity index (χ3n) is 3.58. The summed E-state index contributed by atoms with van der Waals surface area (Å²) in [6.07, 6.45) is 3.15. The number of oxazole rings is 1. The van der Waals surface area contributed by atoms with Crippen molar-refractivity contribution in [1.82, 2.24) is 19.7 Å². The Balaban J connectivity index is 1.88. The molecule has 0 saturated heterocycles. The fourth-order valence-corrected chi connectivity index (χ4v) is 2.90. The molecule has 24 heavy (non-hydrogen) atoms. The van der Waals surface area contributed by atoms with Crippen LogP contribution in [0.5, 0.6) is 11.5 Å². The van der Waals surface area contributed by atoms with E-state index in [2.05, 4.69) is 31.1 Å². The molecule has 0 unspecified atom stereocenters. The van der Waals surface area contributed by atoms with Crippen LogP contribution in [0.1, 0.15) is 0 Å². The molecule has 2 heterocycles. The average molecular weight is 387 g/mol. The summed E-state index contributed by atoms with van der Waals surface area (Å²) in [6.45, 7) is 0. The van der Waals surface area contributed by atoms with Crippen LogP contribution in [-0.4, -0.2) is 32.0 Å². The molecule has 0 spiro atoms. The predicted octanol–water partition coefficient (Wildman–Crippen LogP) is 3.55. The van der Waals surface area contributed by atoms with E-state index in [1.807, 2.05) is 0 Å². The number of fused-ring (bicyclic) bond motifs is 1. The lowest BCUT2D eigenvalue weighted by atomic mass is 10.1. The predicted molar refractivity (Wildman–Crippen MR) is 90.3 cm³/mol. The van der Waals surface area contributed by atoms with Crippen molar-refractivity contribution in [3.05, 3.63) is 47.5 Å². The zero-order valence-corrected chi connectivity index (χ0v) is 14.1. The van der Waals surface area contributed by atoms with Crippen LogP contribution in [0.4, 0.5) is 0 Å². The highest BCUT2D eigenvalue weighted by Crippen LogP contribution is 2.36. The Hall–Kier alpha value is -2.87. The summed E-state index contributed by atoms with van der Waals surface area (Å²) in [4.78, 5) is 4.46. The van der Waals surface area contributed by atoms with Gasteiger partial charge in [-0.1, -0.05) is 0 Å². The highest BCUT2D eigenvalue weighted by molar-refractivity contribution is 9.10. The number of rotatable bonds is 3. The van der Waals surface area contributed by atoms with Crippen LogP contribution in [0.3, 0.4) is 0 Å². The van der Waals surface area contributed by atoms with Gasteiger partial charge in [-0.25, -0.2) is 4.98 Å². The van der Waals surface area contributed by atoms with E-state index in [4.69, 9.17) is 9.15 Å². The van der Waals surface area contributed by atoms with E-state index in [1.165, 1.54) is 0 Å². The Morgan fingerprint density at radius 3 is 2.71 bits per heavy atom. The fraction of sp³-hybridized carbons (Fsp3) is 0.0625. The van der Waals surface area contributed by atoms with Crippen LogP contribution in [-0.2, 0) is 0 Å². The minimum absolute atomic E-state index is 0.0708. The summed E-state index contributed by atoms with van der Waals surface area (Å²) < 4.78 is 13.5. The van der Waals surface area contributed by atoms with Crippen molar-refractivity contribution in [3.63, 3.8) is 0 Å². The molecule has 0 aliphatic carbocycles. The van der Waals surface area contributed by atoms with Crippen LogP contribution in [0.25, 0.3) is 28.2 Å². The molecule has 2 aromatic carbocycles. The van der Waals surface area contributed by atoms with Gasteiger partial charge in [0, 0.05) is 11.8 Å². The van der Waals surface area contributed by atoms with Crippen molar-refractivity contribution in [2.45, 2.75) is 0 Å². The number of hydrogen-bond donors (Lipinski definition) is 1. The molecule has 0 radical (unpaired) electrons. The maximum Gasteiger partial charge on any atom is 0.231 e. The van der Waals surface area contributed by atoms with E-state index in [0.717, 1.165) is 10.2 Å². The second-order valence-corrected chi connectivity index (χ2v) is 5.90. The van der Waals surface area contributed by atoms with E-state index in [-0.39, 0.29) is 5.75 Å². The Kier molecular flexibility index (Phi) is 3.46. The molecule has 2 aromatic heterocycles. The summed E-state index contributed by atoms with van der Waals surface area (Å²) in [6, 6.07) is 8.66. The van der Waals surface area contributed by atoms with Crippen molar-refractivity contribution in [1.29, 1.82) is 0 Å². The Morgan fingerprint density at radius 2 is 1.96 bits per heavy atom. The summed E-state index contributed by atoms with van der Waals surface area (Å²) in [7, 11) is 1.59. The summed E-state index contributed by atoms with van der Waals surface area (Å²) in [5.74, 6) is 1.05. The highest BCUT2D eigenvalue weighted by Gasteiger charge is 2.16. The van der Waals surface area contributed by atoms with Crippen molar-refractivity contribution < 1.29 is 14.3 Å². The van der Waals surface area contributed by atoms with Gasteiger partial charge >= 0.3 is 0 Å². The molecule has 120 valence electrons. The number of phenolic OH excluding ortho intramolecular Hbond substituents is 1. The van der Waals surface area contributed by atoms with Crippen LogP contribution in [0, 0.1) is 0 Å². The summed E-state index contributed by atoms with van der Waals surface area (Å²) >= 11 is 3.44. The van der Waals surface area contributed by atoms with Gasteiger partial charge in [-0.3, -0.25) is 4.57 Å². The number of hydrogen-bond acceptors (Lipinski definition) is 6. The van der Waals surface area contributed by atoms with Crippen molar-refractivity contribution >= 4 is 27.0 Å². The third kappa shape index (κ3) is 2.41. The van der Waals surface area contributed by atoms with Crippen LogP contribution < -0.4 is 4.74 Å². The van der Waals surface area contributed by atoms with Gasteiger partial charge in [0.1, 0.15) is 29.7 Å². The van der Waals surface area contributed by atoms with E-state index < -0.39 is 0 Å². The SMILES string of the molecule is COc1cc(Br)c2oc(-c3cc(-n4cnnc4)ccc3O)nc2c1. The minimum Gasteiger partial charge on any atom is -0.507 e. The molecule has 0 saturated carbocycles. The third-order valence-corrected chi connectivity index (χ3v) is 4.17. The zero-order valence-electron chi connectivity index (χ0n) is 12.5. The molecule has 0 atom stereocenters. The lowest BCUT2D eigenvalue weighted by Gasteiger charge is -2.05. The topological polar surface area (TPSA) is 86.2 Å². The normalized spacial score (nSPS) is 11.1. The minimum atomic E-state index is 0.0708. The largest absolute Gasteiger partial charge is 0.507 e. The molecule has 1 N–H and O–H groups in total. The zero-order chi connectivity index (χ0) is 16.7. The first-order chi connectivity index (χ1) is 11.7. The quantitative estimate of drug-likeness (QED) is 0.579. The maximum atomic E-state index is 10.2. The van der Waals surface area contributed by atoms with E-state index >= 15 is 0 Å². The number of ether oxygens (including phenoxy) is 1. The molecule has 7 nitrogen and oxygen atoms in total. The first kappa shape index (κ1) is 14.7. The van der Waals surface area contributed by atoms with Gasteiger partial charge in [0.05, 0.1) is 17.1 Å². The van der Waals surface area contributed by atoms with E-state index in [1.54, 1.807) is 54.7 Å². The number of aromatic nitrogens is 4. The number of halogens is 1. The Morgan fingerprint density at radius 1 is 1.17 bits per heavy atom. The second-order valence-electron chi connectivity index (χ2n) is 5.05. The highest BCUT2D eigenvalue weighted by atomic mass is 79.9. The standard InChI is InChI=1S/C16H11BrN4O3/c1-23-10-5-12(17)15-13(6-10)20-16(24-15)11-4-9(2-3-14(11)22)21-7-18-19-8-21/h2-8,22H,1H3. The van der Waals surface area contributed by atoms with E-state index in [0.29, 0.717) is 28.3 Å². The average Bonchev–Trinajstić information content (AvgIpc) is 3.24. The van der Waals surface area contributed by atoms with Gasteiger partial charge in [0.25, 0.3) is 0 Å². The van der Waals surface area contributed by atoms with Crippen LogP contribution in [0.2, 0.25) is 0 Å². The van der Waals surface area contributed by atoms with Crippen molar-refractivity contribution in [3.8, 4) is 28.6 Å². The fourth-order valence-electron chi connectivity index (χ4n) is 2.39. The molecule has 4 rings (SSSR count). The van der Waals surface area contributed by atoms with Gasteiger partial charge in [-0.15, -0.1) is 10.2 Å². The molecular formula is C16H11BrN4O3. The molecule has 8 heteroatoms. The monoisotopic (exact) mass is 386 g/mol. The maximum absolute atomic E-state index is 10.2. The van der Waals surface area contributed by atoms with Gasteiger partial charge in [-0.2, -0.15) is 0 Å². The van der Waals surface area contributed by atoms with Crippen LogP contribution in [0.15, 0.2) is 51.9 Å². The number of phenols is 1. The first-order valence-electron chi connectivity index (χ1n) is 6.98. The Labute approximate surface area is 144 Å². The lowest BCUT2D eigenvalue weighted by molar-refractivity contribution is 0.415. The van der Waals surface area contributed by atoms with Crippen molar-refractivity contribution in [2.24, 2.45) is 0 Å². The Bertz CT molecular complexity index is 1030. The molecule has 0 amide bonds. The number of nitrogens with zero attached hydrogens (tertiary/aromatic N) is 4. The molecule has 4 aromatic rings. The van der Waals surface area contributed by atoms with Gasteiger partial charge < -0.3 is 14.3 Å². The van der Waals surface area contributed by atoms with E-state index in [9.17, 15) is 5.11 Å². The lowest BCUT2D eigenvalue weighted by Crippen LogP contribution is -1.91. The second kappa shape index (κ2) is 5.64. The van der Waals surface area contributed by atoms with Gasteiger partial charge in [0.2, 0.25) is 5.89 Å². The molecule has 0 bridgehead atoms. The summed E-state index contributed by atoms with van der Waals surface area (Å²) in [5, 5.41) is 17.8. The molecule has 0 fully saturated rings. The van der Waals surface area contributed by atoms with Gasteiger partial charge in [0.15, 0.2) is 5.58 Å². The van der Waals surface area contributed by atoms with Crippen LogP contribution >= 0.6 is 15.9 Å². The molecular weight excluding hydrogens is 376 g/mol. The number of benzene rings is 2. The first-order valence-corrected chi connectivity index (χ1v) is 7.77. The molecule has 0 aliphatic rings. The van der Waals surface area contributed by atoms with Gasteiger partial charge in [-0.05, 0) is 40.2 Å². The van der Waals surface area contributed by atoms with Crippen molar-refractivity contribution in [2.75, 3.05) is 7.11 Å².